The molecule has 0 amide bonds. The summed E-state index contributed by atoms with van der Waals surface area (Å²) < 4.78 is 98.0. The normalized spacial score (nSPS) is 15.1. The molecule has 0 saturated heterocycles. The molecule has 4 unspecified atom stereocenters. The molecule has 4 aliphatic rings. The van der Waals surface area contributed by atoms with Crippen molar-refractivity contribution in [2.24, 2.45) is 0 Å². The minimum absolute atomic E-state index is 0.215. The summed E-state index contributed by atoms with van der Waals surface area (Å²) in [4.78, 5) is 47.9. The monoisotopic (exact) mass is 1310 g/mol. The summed E-state index contributed by atoms with van der Waals surface area (Å²) in [5.41, 5.74) is 3.11. The van der Waals surface area contributed by atoms with E-state index >= 15 is 0 Å². The molecule has 96 heavy (non-hydrogen) atoms. The van der Waals surface area contributed by atoms with Crippen LogP contribution in [0.25, 0.3) is 12.2 Å². The maximum absolute atomic E-state index is 12.5. The highest BCUT2D eigenvalue weighted by atomic mass is 16.9. The van der Waals surface area contributed by atoms with E-state index in [1.807, 2.05) is 82.3 Å². The SMILES string of the molecule is C=C(C)C(=O)Oc1ccc(OC(=O)c2cccc3c2OC(OCC)O3)cc1.C=C(C)C(=O)Oc1ccc(Oc2cccc3c2OC(OCC)O3)cc1.C=Cc1ccc(OC(=O)c2cccc3c2OC(OCC)O3)cc1.C=Cc1ccc(Oc2cccc3c2OC(OCC)O3)cc1. The number of fused-ring (bicyclic) bond motifs is 4. The number of carbonyl (C=O) groups is 4. The summed E-state index contributed by atoms with van der Waals surface area (Å²) in [5.74, 6) is 5.41. The molecular formula is C74H68O22. The summed E-state index contributed by atoms with van der Waals surface area (Å²) in [6, 6.07) is 48.2. The van der Waals surface area contributed by atoms with Crippen LogP contribution in [-0.4, -0.2) is 76.2 Å². The van der Waals surface area contributed by atoms with E-state index in [0.717, 1.165) is 16.9 Å². The fourth-order valence-corrected chi connectivity index (χ4v) is 8.53. The van der Waals surface area contributed by atoms with E-state index in [4.69, 9.17) is 85.3 Å². The first-order valence-electron chi connectivity index (χ1n) is 30.1. The van der Waals surface area contributed by atoms with E-state index < -0.39 is 49.8 Å². The third-order valence-electron chi connectivity index (χ3n) is 13.1. The smallest absolute Gasteiger partial charge is 0.361 e. The molecule has 4 atom stereocenters. The Labute approximate surface area is 553 Å². The molecule has 0 N–H and O–H groups in total. The molecular weight excluding hydrogens is 1240 g/mol. The zero-order valence-corrected chi connectivity index (χ0v) is 53.3. The average Bonchev–Trinajstić information content (AvgIpc) is 1.70. The maximum atomic E-state index is 12.5. The number of carbonyl (C=O) groups excluding carboxylic acids is 4. The van der Waals surface area contributed by atoms with Crippen molar-refractivity contribution < 1.29 is 104 Å². The molecule has 0 fully saturated rings. The Kier molecular flexibility index (Phi) is 23.9. The topological polar surface area (TPSA) is 234 Å². The van der Waals surface area contributed by atoms with Crippen LogP contribution < -0.4 is 66.3 Å². The van der Waals surface area contributed by atoms with Crippen LogP contribution in [0.5, 0.6) is 92.0 Å². The van der Waals surface area contributed by atoms with E-state index in [-0.39, 0.29) is 28.2 Å². The number of ether oxygens (including phenoxy) is 18. The number of hydrogen-bond acceptors (Lipinski definition) is 22. The van der Waals surface area contributed by atoms with E-state index in [1.165, 1.54) is 24.3 Å². The van der Waals surface area contributed by atoms with Crippen molar-refractivity contribution in [2.45, 2.75) is 67.4 Å². The van der Waals surface area contributed by atoms with Gasteiger partial charge in [0.05, 0.1) is 26.4 Å². The van der Waals surface area contributed by atoms with E-state index in [9.17, 15) is 19.2 Å². The number of para-hydroxylation sites is 4. The summed E-state index contributed by atoms with van der Waals surface area (Å²) in [7, 11) is 0. The minimum Gasteiger partial charge on any atom is -0.453 e. The van der Waals surface area contributed by atoms with Gasteiger partial charge in [0, 0.05) is 11.1 Å². The minimum atomic E-state index is -0.888. The number of hydrogen-bond donors (Lipinski definition) is 0. The quantitative estimate of drug-likeness (QED) is 0.0348. The number of esters is 4. The Balaban J connectivity index is 0.000000151. The lowest BCUT2D eigenvalue weighted by molar-refractivity contribution is -0.174. The van der Waals surface area contributed by atoms with E-state index in [2.05, 4.69) is 26.3 Å². The first kappa shape index (κ1) is 68.8. The van der Waals surface area contributed by atoms with Gasteiger partial charge in [-0.2, -0.15) is 0 Å². The van der Waals surface area contributed by atoms with Crippen LogP contribution >= 0.6 is 0 Å². The van der Waals surface area contributed by atoms with Gasteiger partial charge in [0.2, 0.25) is 11.5 Å². The van der Waals surface area contributed by atoms with Crippen molar-refractivity contribution in [3.05, 3.63) is 230 Å². The Morgan fingerprint density at radius 3 is 0.938 bits per heavy atom. The summed E-state index contributed by atoms with van der Waals surface area (Å²) in [6.07, 6.45) is 3.50. The van der Waals surface area contributed by atoms with Gasteiger partial charge in [-0.15, -0.1) is 0 Å². The van der Waals surface area contributed by atoms with Gasteiger partial charge in [-0.1, -0.05) is 87.0 Å². The summed E-state index contributed by atoms with van der Waals surface area (Å²) >= 11 is 0. The van der Waals surface area contributed by atoms with Gasteiger partial charge in [-0.3, -0.25) is 0 Å². The van der Waals surface area contributed by atoms with Crippen molar-refractivity contribution in [2.75, 3.05) is 26.4 Å². The molecule has 0 radical (unpaired) electrons. The molecule has 0 spiro atoms. The summed E-state index contributed by atoms with van der Waals surface area (Å²) in [6.45, 7) is 23.6. The molecule has 4 heterocycles. The predicted molar refractivity (Wildman–Crippen MR) is 349 cm³/mol. The molecule has 0 aliphatic carbocycles. The Morgan fingerprint density at radius 1 is 0.354 bits per heavy atom. The average molecular weight is 1310 g/mol. The largest absolute Gasteiger partial charge is 0.453 e. The van der Waals surface area contributed by atoms with Crippen molar-refractivity contribution in [3.63, 3.8) is 0 Å². The molecule has 0 aromatic heterocycles. The molecule has 22 nitrogen and oxygen atoms in total. The standard InChI is InChI=1S/C20H18O7.C19H18O6.C18H16O5.C17H16O4/c1-4-23-20-26-16-7-5-6-15(17(16)27-20)19(22)25-14-10-8-13(9-11-14)24-18(21)12(2)3;1-4-21-19-24-16-7-5-6-15(17(16)25-19)22-13-8-10-14(11-9-13)23-18(20)12(2)3;1-3-12-8-10-13(11-9-12)21-17(19)14-6-5-7-15-16(14)23-18(22-15)20-4-2;1-3-12-8-10-13(11-9-12)19-14-6-5-7-15-16(14)21-17(20-15)18-4-2/h5-11,20H,2,4H2,1,3H3;5-11,19H,2,4H2,1,3H3;3,5-11,18H,1,4H2,2H3;3,5-11,17H,1,4H2,2H3. The fourth-order valence-electron chi connectivity index (χ4n) is 8.53. The van der Waals surface area contributed by atoms with Crippen LogP contribution in [0.4, 0.5) is 0 Å². The molecule has 8 aromatic rings. The van der Waals surface area contributed by atoms with Gasteiger partial charge in [0.15, 0.2) is 46.0 Å². The Hall–Kier alpha value is -11.6. The van der Waals surface area contributed by atoms with Crippen LogP contribution in [0.1, 0.15) is 73.4 Å². The number of benzene rings is 8. The summed E-state index contributed by atoms with van der Waals surface area (Å²) in [5, 5.41) is 0. The molecule has 12 rings (SSSR count). The third kappa shape index (κ3) is 18.4. The third-order valence-corrected chi connectivity index (χ3v) is 13.1. The van der Waals surface area contributed by atoms with Gasteiger partial charge in [0.1, 0.15) is 45.6 Å². The second-order valence-corrected chi connectivity index (χ2v) is 20.2. The number of rotatable bonds is 22. The molecule has 0 saturated carbocycles. The van der Waals surface area contributed by atoms with Gasteiger partial charge >= 0.3 is 49.8 Å². The highest BCUT2D eigenvalue weighted by molar-refractivity contribution is 5.96. The zero-order valence-electron chi connectivity index (χ0n) is 53.3. The van der Waals surface area contributed by atoms with Crippen LogP contribution in [0.2, 0.25) is 0 Å². The van der Waals surface area contributed by atoms with Crippen LogP contribution in [-0.2, 0) is 28.5 Å². The van der Waals surface area contributed by atoms with Crippen LogP contribution in [0, 0.1) is 0 Å². The molecule has 496 valence electrons. The lowest BCUT2D eigenvalue weighted by atomic mass is 10.2. The van der Waals surface area contributed by atoms with Gasteiger partial charge in [0.25, 0.3) is 0 Å². The zero-order chi connectivity index (χ0) is 68.1. The molecule has 22 heteroatoms. The lowest BCUT2D eigenvalue weighted by Crippen LogP contribution is -2.22. The fraction of sp³-hybridized carbons (Fsp3) is 0.189. The van der Waals surface area contributed by atoms with Gasteiger partial charge in [-0.25, -0.2) is 19.2 Å². The highest BCUT2D eigenvalue weighted by Gasteiger charge is 2.33. The molecule has 0 bridgehead atoms. The second kappa shape index (κ2) is 33.3. The van der Waals surface area contributed by atoms with E-state index in [1.54, 1.807) is 117 Å². The van der Waals surface area contributed by atoms with E-state index in [0.29, 0.717) is 107 Å². The van der Waals surface area contributed by atoms with Crippen LogP contribution in [0.3, 0.4) is 0 Å². The van der Waals surface area contributed by atoms with Crippen molar-refractivity contribution in [3.8, 4) is 92.0 Å². The van der Waals surface area contributed by atoms with Crippen molar-refractivity contribution in [1.29, 1.82) is 0 Å². The van der Waals surface area contributed by atoms with Crippen molar-refractivity contribution >= 4 is 36.0 Å². The molecule has 8 aromatic carbocycles. The second-order valence-electron chi connectivity index (χ2n) is 20.2. The van der Waals surface area contributed by atoms with Crippen LogP contribution in [0.15, 0.2) is 207 Å². The Bertz CT molecular complexity index is 4050. The Morgan fingerprint density at radius 2 is 0.625 bits per heavy atom. The highest BCUT2D eigenvalue weighted by Crippen LogP contribution is 2.46. The maximum Gasteiger partial charge on any atom is 0.361 e. The predicted octanol–water partition coefficient (Wildman–Crippen LogP) is 15.4. The van der Waals surface area contributed by atoms with Crippen molar-refractivity contribution in [1.82, 2.24) is 0 Å². The molecule has 4 aliphatic heterocycles. The first-order valence-corrected chi connectivity index (χ1v) is 30.1. The van der Waals surface area contributed by atoms with Gasteiger partial charge in [-0.05, 0) is 174 Å². The first-order chi connectivity index (χ1) is 46.5. The van der Waals surface area contributed by atoms with Gasteiger partial charge < -0.3 is 85.3 Å². The lowest BCUT2D eigenvalue weighted by Gasteiger charge is -2.10.